The van der Waals surface area contributed by atoms with Crippen LogP contribution in [0.15, 0.2) is 63.0 Å². The van der Waals surface area contributed by atoms with Crippen molar-refractivity contribution in [3.05, 3.63) is 64.1 Å². The van der Waals surface area contributed by atoms with Crippen LogP contribution in [-0.4, -0.2) is 14.1 Å². The standard InChI is InChI=1S/C15H15BrN2O2S/c1-11-3-9-15(10-4-11)21(19,20)18-17-12(2)13-5-7-14(16)8-6-13/h3-10,18H,1-2H3. The van der Waals surface area contributed by atoms with Gasteiger partial charge in [-0.1, -0.05) is 45.8 Å². The van der Waals surface area contributed by atoms with Gasteiger partial charge in [-0.15, -0.1) is 0 Å². The highest BCUT2D eigenvalue weighted by Crippen LogP contribution is 2.12. The van der Waals surface area contributed by atoms with Gasteiger partial charge in [0.15, 0.2) is 0 Å². The van der Waals surface area contributed by atoms with Gasteiger partial charge < -0.3 is 0 Å². The van der Waals surface area contributed by atoms with E-state index in [1.807, 2.05) is 31.2 Å². The molecule has 0 atom stereocenters. The Bertz CT molecular complexity index is 751. The third-order valence-electron chi connectivity index (χ3n) is 2.93. The highest BCUT2D eigenvalue weighted by Gasteiger charge is 2.12. The number of benzene rings is 2. The SMILES string of the molecule is CC(=NNS(=O)(=O)c1ccc(C)cc1)c1ccc(Br)cc1. The molecule has 0 aliphatic carbocycles. The molecule has 0 heterocycles. The van der Waals surface area contributed by atoms with Gasteiger partial charge in [0.05, 0.1) is 10.6 Å². The van der Waals surface area contributed by atoms with E-state index >= 15 is 0 Å². The maximum Gasteiger partial charge on any atom is 0.276 e. The van der Waals surface area contributed by atoms with E-state index in [1.54, 1.807) is 31.2 Å². The minimum Gasteiger partial charge on any atom is -0.200 e. The number of rotatable bonds is 4. The molecule has 0 unspecified atom stereocenters. The highest BCUT2D eigenvalue weighted by atomic mass is 79.9. The predicted molar refractivity (Wildman–Crippen MR) is 87.9 cm³/mol. The molecule has 0 fully saturated rings. The molecule has 110 valence electrons. The Labute approximate surface area is 133 Å². The monoisotopic (exact) mass is 366 g/mol. The van der Waals surface area contributed by atoms with Crippen LogP contribution in [0.2, 0.25) is 0 Å². The first-order valence-corrected chi connectivity index (χ1v) is 8.55. The average molecular weight is 367 g/mol. The Hall–Kier alpha value is -1.66. The second-order valence-corrected chi connectivity index (χ2v) is 7.19. The second kappa shape index (κ2) is 6.41. The van der Waals surface area contributed by atoms with Crippen LogP contribution in [-0.2, 0) is 10.0 Å². The Morgan fingerprint density at radius 2 is 1.62 bits per heavy atom. The topological polar surface area (TPSA) is 58.5 Å². The molecule has 0 aromatic heterocycles. The average Bonchev–Trinajstić information content (AvgIpc) is 2.46. The van der Waals surface area contributed by atoms with Gasteiger partial charge in [-0.05, 0) is 43.7 Å². The lowest BCUT2D eigenvalue weighted by Gasteiger charge is -2.06. The van der Waals surface area contributed by atoms with E-state index in [9.17, 15) is 8.42 Å². The third-order valence-corrected chi connectivity index (χ3v) is 4.68. The van der Waals surface area contributed by atoms with Crippen molar-refractivity contribution in [2.45, 2.75) is 18.7 Å². The molecule has 0 saturated heterocycles. The number of hydrogen-bond acceptors (Lipinski definition) is 3. The van der Waals surface area contributed by atoms with Crippen molar-refractivity contribution in [1.29, 1.82) is 0 Å². The van der Waals surface area contributed by atoms with Gasteiger partial charge in [0.25, 0.3) is 10.0 Å². The molecule has 0 radical (unpaired) electrons. The van der Waals surface area contributed by atoms with Crippen LogP contribution in [0.25, 0.3) is 0 Å². The van der Waals surface area contributed by atoms with Crippen LogP contribution in [0.3, 0.4) is 0 Å². The predicted octanol–water partition coefficient (Wildman–Crippen LogP) is 3.46. The zero-order chi connectivity index (χ0) is 15.5. The van der Waals surface area contributed by atoms with Crippen LogP contribution in [0.5, 0.6) is 0 Å². The van der Waals surface area contributed by atoms with Crippen molar-refractivity contribution in [2.24, 2.45) is 5.10 Å². The van der Waals surface area contributed by atoms with Gasteiger partial charge in [0, 0.05) is 4.47 Å². The van der Waals surface area contributed by atoms with E-state index in [1.165, 1.54) is 0 Å². The normalized spacial score (nSPS) is 12.2. The van der Waals surface area contributed by atoms with Crippen LogP contribution >= 0.6 is 15.9 Å². The lowest BCUT2D eigenvalue weighted by molar-refractivity contribution is 0.584. The Kier molecular flexibility index (Phi) is 4.80. The summed E-state index contributed by atoms with van der Waals surface area (Å²) in [4.78, 5) is 2.45. The van der Waals surface area contributed by atoms with Gasteiger partial charge in [0.1, 0.15) is 0 Å². The second-order valence-electron chi connectivity index (χ2n) is 4.61. The van der Waals surface area contributed by atoms with Crippen molar-refractivity contribution in [1.82, 2.24) is 4.83 Å². The minimum absolute atomic E-state index is 0.195. The molecule has 4 nitrogen and oxygen atoms in total. The van der Waals surface area contributed by atoms with Gasteiger partial charge in [-0.2, -0.15) is 18.4 Å². The Morgan fingerprint density at radius 1 is 1.05 bits per heavy atom. The fraction of sp³-hybridized carbons (Fsp3) is 0.133. The fourth-order valence-electron chi connectivity index (χ4n) is 1.65. The number of sulfonamides is 1. The maximum atomic E-state index is 12.1. The van der Waals surface area contributed by atoms with Crippen LogP contribution < -0.4 is 4.83 Å². The van der Waals surface area contributed by atoms with E-state index in [4.69, 9.17) is 0 Å². The van der Waals surface area contributed by atoms with Gasteiger partial charge in [-0.3, -0.25) is 0 Å². The largest absolute Gasteiger partial charge is 0.276 e. The Balaban J connectivity index is 2.18. The number of hydrazone groups is 1. The summed E-state index contributed by atoms with van der Waals surface area (Å²) in [7, 11) is -3.64. The number of nitrogens with one attached hydrogen (secondary N) is 1. The van der Waals surface area contributed by atoms with Crippen LogP contribution in [0.4, 0.5) is 0 Å². The maximum absolute atomic E-state index is 12.1. The summed E-state index contributed by atoms with van der Waals surface area (Å²) in [6.07, 6.45) is 0. The molecule has 0 saturated carbocycles. The summed E-state index contributed by atoms with van der Waals surface area (Å²) >= 11 is 3.35. The molecule has 6 heteroatoms. The minimum atomic E-state index is -3.64. The van der Waals surface area contributed by atoms with E-state index in [0.717, 1.165) is 15.6 Å². The van der Waals surface area contributed by atoms with Crippen molar-refractivity contribution in [3.63, 3.8) is 0 Å². The lowest BCUT2D eigenvalue weighted by atomic mass is 10.1. The molecule has 2 rings (SSSR count). The van der Waals surface area contributed by atoms with Crippen LogP contribution in [0.1, 0.15) is 18.1 Å². The molecule has 21 heavy (non-hydrogen) atoms. The summed E-state index contributed by atoms with van der Waals surface area (Å²) in [5, 5.41) is 3.96. The first-order chi connectivity index (χ1) is 9.88. The third kappa shape index (κ3) is 4.15. The van der Waals surface area contributed by atoms with E-state index in [-0.39, 0.29) is 4.90 Å². The lowest BCUT2D eigenvalue weighted by Crippen LogP contribution is -2.19. The smallest absolute Gasteiger partial charge is 0.200 e. The summed E-state index contributed by atoms with van der Waals surface area (Å²) < 4.78 is 25.2. The first-order valence-electron chi connectivity index (χ1n) is 6.27. The molecular weight excluding hydrogens is 352 g/mol. The van der Waals surface area contributed by atoms with Gasteiger partial charge in [0.2, 0.25) is 0 Å². The summed E-state index contributed by atoms with van der Waals surface area (Å²) in [6.45, 7) is 3.65. The fourth-order valence-corrected chi connectivity index (χ4v) is 2.78. The highest BCUT2D eigenvalue weighted by molar-refractivity contribution is 9.10. The number of halogens is 1. The zero-order valence-electron chi connectivity index (χ0n) is 11.7. The summed E-state index contributed by atoms with van der Waals surface area (Å²) in [5.74, 6) is 0. The van der Waals surface area contributed by atoms with E-state index in [0.29, 0.717) is 5.71 Å². The molecule has 1 N–H and O–H groups in total. The van der Waals surface area contributed by atoms with Gasteiger partial charge >= 0.3 is 0 Å². The quantitative estimate of drug-likeness (QED) is 0.665. The molecular formula is C15H15BrN2O2S. The first kappa shape index (κ1) is 15.7. The zero-order valence-corrected chi connectivity index (χ0v) is 14.1. The molecule has 0 aliphatic heterocycles. The van der Waals surface area contributed by atoms with E-state index in [2.05, 4.69) is 25.9 Å². The number of nitrogens with zero attached hydrogens (tertiary/aromatic N) is 1. The van der Waals surface area contributed by atoms with Crippen molar-refractivity contribution in [3.8, 4) is 0 Å². The van der Waals surface area contributed by atoms with E-state index < -0.39 is 10.0 Å². The van der Waals surface area contributed by atoms with Gasteiger partial charge in [-0.25, -0.2) is 0 Å². The molecule has 0 amide bonds. The Morgan fingerprint density at radius 3 is 2.19 bits per heavy atom. The van der Waals surface area contributed by atoms with Crippen molar-refractivity contribution >= 4 is 31.7 Å². The molecule has 0 spiro atoms. The van der Waals surface area contributed by atoms with Crippen LogP contribution in [0, 0.1) is 6.92 Å². The molecule has 2 aromatic rings. The van der Waals surface area contributed by atoms with Crippen molar-refractivity contribution in [2.75, 3.05) is 0 Å². The number of hydrogen-bond donors (Lipinski definition) is 1. The summed E-state index contributed by atoms with van der Waals surface area (Å²) in [6, 6.07) is 14.1. The molecule has 0 bridgehead atoms. The molecule has 0 aliphatic rings. The molecule has 2 aromatic carbocycles. The number of aryl methyl sites for hydroxylation is 1. The summed E-state index contributed by atoms with van der Waals surface area (Å²) in [5.41, 5.74) is 2.45. The van der Waals surface area contributed by atoms with Crippen molar-refractivity contribution < 1.29 is 8.42 Å².